The van der Waals surface area contributed by atoms with E-state index in [1.165, 1.54) is 4.90 Å². The SMILES string of the molecule is CCCCC(CC)COC(=O)C(CCCC)N1C(=O)C2CCCCC2C1=O. The van der Waals surface area contributed by atoms with Crippen LogP contribution in [0.4, 0.5) is 0 Å². The fourth-order valence-electron chi connectivity index (χ4n) is 4.44. The smallest absolute Gasteiger partial charge is 0.329 e. The number of hydrogen-bond donors (Lipinski definition) is 0. The van der Waals surface area contributed by atoms with Crippen molar-refractivity contribution in [3.05, 3.63) is 0 Å². The molecule has 5 heteroatoms. The lowest BCUT2D eigenvalue weighted by molar-refractivity contribution is -0.160. The highest BCUT2D eigenvalue weighted by Crippen LogP contribution is 2.39. The van der Waals surface area contributed by atoms with Gasteiger partial charge in [-0.25, -0.2) is 4.79 Å². The maximum Gasteiger partial charge on any atom is 0.329 e. The second kappa shape index (κ2) is 10.8. The molecular formula is C22H37NO4. The molecule has 4 unspecified atom stereocenters. The number of imide groups is 1. The Balaban J connectivity index is 2.06. The van der Waals surface area contributed by atoms with Crippen LogP contribution in [0.5, 0.6) is 0 Å². The van der Waals surface area contributed by atoms with Gasteiger partial charge in [0.05, 0.1) is 18.4 Å². The van der Waals surface area contributed by atoms with Gasteiger partial charge in [0.1, 0.15) is 6.04 Å². The number of fused-ring (bicyclic) bond motifs is 1. The summed E-state index contributed by atoms with van der Waals surface area (Å²) in [7, 11) is 0. The first-order chi connectivity index (χ1) is 13.0. The van der Waals surface area contributed by atoms with Crippen LogP contribution in [-0.4, -0.2) is 35.3 Å². The number of esters is 1. The van der Waals surface area contributed by atoms with Crippen molar-refractivity contribution in [2.45, 2.75) is 97.4 Å². The molecule has 0 spiro atoms. The summed E-state index contributed by atoms with van der Waals surface area (Å²) in [5.74, 6) is -0.735. The summed E-state index contributed by atoms with van der Waals surface area (Å²) < 4.78 is 5.63. The number of ether oxygens (including phenoxy) is 1. The Hall–Kier alpha value is -1.39. The van der Waals surface area contributed by atoms with Crippen molar-refractivity contribution in [3.8, 4) is 0 Å². The van der Waals surface area contributed by atoms with Gasteiger partial charge in [-0.15, -0.1) is 0 Å². The molecular weight excluding hydrogens is 342 g/mol. The molecule has 27 heavy (non-hydrogen) atoms. The van der Waals surface area contributed by atoms with Crippen molar-refractivity contribution in [3.63, 3.8) is 0 Å². The molecule has 1 heterocycles. The van der Waals surface area contributed by atoms with Gasteiger partial charge in [0.25, 0.3) is 0 Å². The van der Waals surface area contributed by atoms with E-state index in [4.69, 9.17) is 4.74 Å². The molecule has 2 aliphatic rings. The number of amides is 2. The highest BCUT2D eigenvalue weighted by Gasteiger charge is 2.52. The first-order valence-electron chi connectivity index (χ1n) is 11.1. The van der Waals surface area contributed by atoms with Crippen LogP contribution in [0.3, 0.4) is 0 Å². The molecule has 0 aromatic carbocycles. The second-order valence-corrected chi connectivity index (χ2v) is 8.25. The summed E-state index contributed by atoms with van der Waals surface area (Å²) in [6.45, 7) is 6.71. The number of carbonyl (C=O) groups excluding carboxylic acids is 3. The maximum atomic E-state index is 12.9. The van der Waals surface area contributed by atoms with Gasteiger partial charge < -0.3 is 4.74 Å². The summed E-state index contributed by atoms with van der Waals surface area (Å²) in [6.07, 6.45) is 10.0. The molecule has 1 saturated carbocycles. The van der Waals surface area contributed by atoms with E-state index in [0.717, 1.165) is 64.2 Å². The van der Waals surface area contributed by atoms with E-state index in [1.807, 2.05) is 6.92 Å². The highest BCUT2D eigenvalue weighted by atomic mass is 16.5. The zero-order chi connectivity index (χ0) is 19.8. The monoisotopic (exact) mass is 379 g/mol. The molecule has 1 aliphatic carbocycles. The standard InChI is InChI=1S/C22H37NO4/c1-4-7-11-16(6-3)15-27-22(26)19(14-8-5-2)23-20(24)17-12-9-10-13-18(17)21(23)25/h16-19H,4-15H2,1-3H3. The molecule has 0 radical (unpaired) electrons. The van der Waals surface area contributed by atoms with Crippen molar-refractivity contribution >= 4 is 17.8 Å². The average Bonchev–Trinajstić information content (AvgIpc) is 2.94. The van der Waals surface area contributed by atoms with Crippen molar-refractivity contribution in [1.29, 1.82) is 0 Å². The molecule has 1 aliphatic heterocycles. The van der Waals surface area contributed by atoms with E-state index in [9.17, 15) is 14.4 Å². The van der Waals surface area contributed by atoms with E-state index >= 15 is 0 Å². The van der Waals surface area contributed by atoms with Crippen LogP contribution in [0.1, 0.15) is 91.4 Å². The van der Waals surface area contributed by atoms with Gasteiger partial charge in [0, 0.05) is 0 Å². The summed E-state index contributed by atoms with van der Waals surface area (Å²) in [5.41, 5.74) is 0. The van der Waals surface area contributed by atoms with Gasteiger partial charge in [-0.2, -0.15) is 0 Å². The average molecular weight is 380 g/mol. The van der Waals surface area contributed by atoms with E-state index in [-0.39, 0.29) is 23.7 Å². The third-order valence-corrected chi connectivity index (χ3v) is 6.29. The van der Waals surface area contributed by atoms with E-state index in [0.29, 0.717) is 18.9 Å². The molecule has 0 bridgehead atoms. The normalized spacial score (nSPS) is 24.6. The van der Waals surface area contributed by atoms with Gasteiger partial charge in [0.15, 0.2) is 0 Å². The van der Waals surface area contributed by atoms with E-state index in [1.54, 1.807) is 0 Å². The number of rotatable bonds is 11. The van der Waals surface area contributed by atoms with Crippen molar-refractivity contribution in [1.82, 2.24) is 4.90 Å². The molecule has 154 valence electrons. The fourth-order valence-corrected chi connectivity index (χ4v) is 4.44. The van der Waals surface area contributed by atoms with Crippen LogP contribution in [0.25, 0.3) is 0 Å². The molecule has 4 atom stereocenters. The number of unbranched alkanes of at least 4 members (excludes halogenated alkanes) is 2. The molecule has 1 saturated heterocycles. The largest absolute Gasteiger partial charge is 0.464 e. The molecule has 2 fully saturated rings. The summed E-state index contributed by atoms with van der Waals surface area (Å²) >= 11 is 0. The Labute approximate surface area is 164 Å². The van der Waals surface area contributed by atoms with Crippen molar-refractivity contribution < 1.29 is 19.1 Å². The van der Waals surface area contributed by atoms with Gasteiger partial charge in [-0.05, 0) is 31.6 Å². The van der Waals surface area contributed by atoms with Crippen LogP contribution in [0, 0.1) is 17.8 Å². The molecule has 0 aromatic heterocycles. The molecule has 2 rings (SSSR count). The zero-order valence-electron chi connectivity index (χ0n) is 17.4. The van der Waals surface area contributed by atoms with Gasteiger partial charge in [0.2, 0.25) is 11.8 Å². The lowest BCUT2D eigenvalue weighted by Gasteiger charge is -2.26. The van der Waals surface area contributed by atoms with Crippen LogP contribution < -0.4 is 0 Å². The molecule has 0 N–H and O–H groups in total. The quantitative estimate of drug-likeness (QED) is 0.392. The molecule has 2 amide bonds. The number of hydrogen-bond acceptors (Lipinski definition) is 4. The topological polar surface area (TPSA) is 63.7 Å². The van der Waals surface area contributed by atoms with Crippen molar-refractivity contribution in [2.75, 3.05) is 6.61 Å². The highest BCUT2D eigenvalue weighted by molar-refractivity contribution is 6.07. The third kappa shape index (κ3) is 5.32. The van der Waals surface area contributed by atoms with Crippen LogP contribution >= 0.6 is 0 Å². The number of carbonyl (C=O) groups is 3. The van der Waals surface area contributed by atoms with Crippen LogP contribution in [-0.2, 0) is 19.1 Å². The summed E-state index contributed by atoms with van der Waals surface area (Å²) in [6, 6.07) is -0.737. The minimum absolute atomic E-state index is 0.138. The molecule has 5 nitrogen and oxygen atoms in total. The molecule has 0 aromatic rings. The van der Waals surface area contributed by atoms with Gasteiger partial charge in [-0.3, -0.25) is 14.5 Å². The lowest BCUT2D eigenvalue weighted by atomic mass is 9.81. The third-order valence-electron chi connectivity index (χ3n) is 6.29. The van der Waals surface area contributed by atoms with Crippen molar-refractivity contribution in [2.24, 2.45) is 17.8 Å². The Bertz CT molecular complexity index is 494. The number of likely N-dealkylation sites (tertiary alicyclic amines) is 1. The van der Waals surface area contributed by atoms with E-state index in [2.05, 4.69) is 13.8 Å². The second-order valence-electron chi connectivity index (χ2n) is 8.25. The Morgan fingerprint density at radius 1 is 1.00 bits per heavy atom. The Morgan fingerprint density at radius 2 is 1.56 bits per heavy atom. The minimum Gasteiger partial charge on any atom is -0.464 e. The predicted octanol–water partition coefficient (Wildman–Crippen LogP) is 4.48. The summed E-state index contributed by atoms with van der Waals surface area (Å²) in [4.78, 5) is 39.9. The predicted molar refractivity (Wildman–Crippen MR) is 105 cm³/mol. The maximum absolute atomic E-state index is 12.9. The van der Waals surface area contributed by atoms with Crippen LogP contribution in [0.15, 0.2) is 0 Å². The first kappa shape index (κ1) is 21.9. The first-order valence-corrected chi connectivity index (χ1v) is 11.1. The van der Waals surface area contributed by atoms with Gasteiger partial charge >= 0.3 is 5.97 Å². The van der Waals surface area contributed by atoms with Gasteiger partial charge in [-0.1, -0.05) is 65.7 Å². The van der Waals surface area contributed by atoms with Crippen LogP contribution in [0.2, 0.25) is 0 Å². The Morgan fingerprint density at radius 3 is 2.07 bits per heavy atom. The lowest BCUT2D eigenvalue weighted by Crippen LogP contribution is -2.46. The minimum atomic E-state index is -0.737. The number of nitrogens with zero attached hydrogens (tertiary/aromatic N) is 1. The summed E-state index contributed by atoms with van der Waals surface area (Å²) in [5, 5.41) is 0. The fraction of sp³-hybridized carbons (Fsp3) is 0.864. The zero-order valence-corrected chi connectivity index (χ0v) is 17.4. The van der Waals surface area contributed by atoms with E-state index < -0.39 is 12.0 Å². The Kier molecular flexibility index (Phi) is 8.78.